The molecule has 5 heteroatoms. The molecule has 4 nitrogen and oxygen atoms in total. The third-order valence-electron chi connectivity index (χ3n) is 3.38. The summed E-state index contributed by atoms with van der Waals surface area (Å²) in [5.41, 5.74) is 0.951. The van der Waals surface area contributed by atoms with Gasteiger partial charge in [0.2, 0.25) is 0 Å². The molecular formula is C15H19N3OS. The van der Waals surface area contributed by atoms with Crippen molar-refractivity contribution in [3.05, 3.63) is 26.6 Å². The Morgan fingerprint density at radius 2 is 2.25 bits per heavy atom. The van der Waals surface area contributed by atoms with Gasteiger partial charge >= 0.3 is 0 Å². The van der Waals surface area contributed by atoms with Gasteiger partial charge in [0.1, 0.15) is 10.7 Å². The Morgan fingerprint density at radius 3 is 2.90 bits per heavy atom. The van der Waals surface area contributed by atoms with Crippen LogP contribution in [0.2, 0.25) is 0 Å². The Hall–Kier alpha value is -1.64. The summed E-state index contributed by atoms with van der Waals surface area (Å²) in [7, 11) is 0. The fourth-order valence-corrected chi connectivity index (χ4v) is 3.18. The smallest absolute Gasteiger partial charge is 0.259 e. The fraction of sp³-hybridized carbons (Fsp3) is 0.467. The highest BCUT2D eigenvalue weighted by molar-refractivity contribution is 7.18. The predicted molar refractivity (Wildman–Crippen MR) is 84.1 cm³/mol. The van der Waals surface area contributed by atoms with E-state index < -0.39 is 0 Å². The van der Waals surface area contributed by atoms with Gasteiger partial charge in [-0.2, -0.15) is 0 Å². The van der Waals surface area contributed by atoms with E-state index in [1.165, 1.54) is 0 Å². The second-order valence-corrected chi connectivity index (χ2v) is 6.07. The summed E-state index contributed by atoms with van der Waals surface area (Å²) >= 11 is 1.56. The van der Waals surface area contributed by atoms with Gasteiger partial charge in [-0.1, -0.05) is 19.3 Å². The number of nitrogens with zero attached hydrogens (tertiary/aromatic N) is 1. The number of nitrogens with one attached hydrogen (secondary N) is 2. The molecule has 2 N–H and O–H groups in total. The summed E-state index contributed by atoms with van der Waals surface area (Å²) in [6.07, 6.45) is 7.40. The zero-order chi connectivity index (χ0) is 14.7. The highest BCUT2D eigenvalue weighted by Gasteiger charge is 2.12. The summed E-state index contributed by atoms with van der Waals surface area (Å²) in [6.45, 7) is 6.54. The molecule has 0 radical (unpaired) electrons. The highest BCUT2D eigenvalue weighted by atomic mass is 32.1. The van der Waals surface area contributed by atoms with Gasteiger partial charge in [0.15, 0.2) is 0 Å². The minimum atomic E-state index is -0.0681. The molecule has 1 unspecified atom stereocenters. The SMILES string of the molecule is C#CC(CCC)NCc1nc2sc(C)c(C)c2c(=O)[nH]1. The van der Waals surface area contributed by atoms with Crippen molar-refractivity contribution < 1.29 is 0 Å². The van der Waals surface area contributed by atoms with Crippen LogP contribution >= 0.6 is 11.3 Å². The van der Waals surface area contributed by atoms with Crippen molar-refractivity contribution in [3.8, 4) is 12.3 Å². The normalized spacial score (nSPS) is 12.5. The maximum absolute atomic E-state index is 12.1. The number of hydrogen-bond acceptors (Lipinski definition) is 4. The quantitative estimate of drug-likeness (QED) is 0.831. The van der Waals surface area contributed by atoms with Gasteiger partial charge in [0.05, 0.1) is 18.0 Å². The molecular weight excluding hydrogens is 270 g/mol. The zero-order valence-corrected chi connectivity index (χ0v) is 12.9. The summed E-state index contributed by atoms with van der Waals surface area (Å²) < 4.78 is 0. The van der Waals surface area contributed by atoms with Crippen LogP contribution < -0.4 is 10.9 Å². The highest BCUT2D eigenvalue weighted by Crippen LogP contribution is 2.25. The molecule has 0 aliphatic rings. The molecule has 0 fully saturated rings. The second kappa shape index (κ2) is 6.21. The standard InChI is InChI=1S/C15H19N3OS/c1-5-7-11(6-2)16-8-12-17-14(19)13-9(3)10(4)20-15(13)18-12/h2,11,16H,5,7-8H2,1,3-4H3,(H,17,18,19). The number of H-pyrrole nitrogens is 1. The number of aromatic amines is 1. The van der Waals surface area contributed by atoms with Gasteiger partial charge in [0, 0.05) is 4.88 Å². The Bertz CT molecular complexity index is 708. The first-order valence-electron chi connectivity index (χ1n) is 6.75. The topological polar surface area (TPSA) is 57.8 Å². The van der Waals surface area contributed by atoms with Crippen molar-refractivity contribution in [2.45, 2.75) is 46.2 Å². The molecule has 0 aromatic carbocycles. The molecule has 0 aliphatic heterocycles. The van der Waals surface area contributed by atoms with Crippen LogP contribution in [0.1, 0.15) is 36.0 Å². The maximum Gasteiger partial charge on any atom is 0.259 e. The van der Waals surface area contributed by atoms with E-state index in [4.69, 9.17) is 6.42 Å². The summed E-state index contributed by atoms with van der Waals surface area (Å²) in [5.74, 6) is 3.35. The Kier molecular flexibility index (Phi) is 4.58. The van der Waals surface area contributed by atoms with Crippen LogP contribution in [0.15, 0.2) is 4.79 Å². The van der Waals surface area contributed by atoms with E-state index in [1.807, 2.05) is 13.8 Å². The summed E-state index contributed by atoms with van der Waals surface area (Å²) in [4.78, 5) is 21.4. The number of hydrogen-bond donors (Lipinski definition) is 2. The molecule has 0 amide bonds. The van der Waals surface area contributed by atoms with Crippen molar-refractivity contribution in [2.24, 2.45) is 0 Å². The summed E-state index contributed by atoms with van der Waals surface area (Å²) in [5, 5.41) is 3.94. The molecule has 0 spiro atoms. The van der Waals surface area contributed by atoms with Crippen molar-refractivity contribution in [3.63, 3.8) is 0 Å². The number of fused-ring (bicyclic) bond motifs is 1. The van der Waals surface area contributed by atoms with Crippen LogP contribution in [0.4, 0.5) is 0 Å². The molecule has 2 aromatic heterocycles. The third-order valence-corrected chi connectivity index (χ3v) is 4.48. The third kappa shape index (κ3) is 2.92. The lowest BCUT2D eigenvalue weighted by molar-refractivity contribution is 0.551. The van der Waals surface area contributed by atoms with Crippen LogP contribution in [0.5, 0.6) is 0 Å². The number of aromatic nitrogens is 2. The van der Waals surface area contributed by atoms with Crippen molar-refractivity contribution >= 4 is 21.6 Å². The molecule has 0 saturated heterocycles. The van der Waals surface area contributed by atoms with Gasteiger partial charge in [-0.3, -0.25) is 10.1 Å². The lowest BCUT2D eigenvalue weighted by Crippen LogP contribution is -2.28. The average Bonchev–Trinajstić information content (AvgIpc) is 2.70. The van der Waals surface area contributed by atoms with Gasteiger partial charge in [-0.25, -0.2) is 4.98 Å². The van der Waals surface area contributed by atoms with Crippen molar-refractivity contribution in [2.75, 3.05) is 0 Å². The molecule has 2 aromatic rings. The first-order chi connectivity index (χ1) is 9.56. The number of rotatable bonds is 5. The van der Waals surface area contributed by atoms with E-state index in [1.54, 1.807) is 11.3 Å². The molecule has 1 atom stereocenters. The number of aryl methyl sites for hydroxylation is 2. The monoisotopic (exact) mass is 289 g/mol. The second-order valence-electron chi connectivity index (χ2n) is 4.86. The minimum Gasteiger partial charge on any atom is -0.309 e. The Balaban J connectivity index is 2.24. The predicted octanol–water partition coefficient (Wildman–Crippen LogP) is 2.49. The van der Waals surface area contributed by atoms with E-state index in [-0.39, 0.29) is 11.6 Å². The number of thiophene rings is 1. The van der Waals surface area contributed by atoms with Crippen LogP contribution in [-0.2, 0) is 6.54 Å². The van der Waals surface area contributed by atoms with Crippen LogP contribution in [-0.4, -0.2) is 16.0 Å². The van der Waals surface area contributed by atoms with E-state index in [0.717, 1.165) is 28.1 Å². The van der Waals surface area contributed by atoms with Gasteiger partial charge < -0.3 is 4.98 Å². The van der Waals surface area contributed by atoms with E-state index >= 15 is 0 Å². The van der Waals surface area contributed by atoms with Gasteiger partial charge in [-0.05, 0) is 25.8 Å². The van der Waals surface area contributed by atoms with Gasteiger partial charge in [-0.15, -0.1) is 17.8 Å². The lowest BCUT2D eigenvalue weighted by atomic mass is 10.2. The molecule has 0 saturated carbocycles. The largest absolute Gasteiger partial charge is 0.309 e. The van der Waals surface area contributed by atoms with E-state index in [9.17, 15) is 4.79 Å². The van der Waals surface area contributed by atoms with E-state index in [0.29, 0.717) is 17.8 Å². The molecule has 20 heavy (non-hydrogen) atoms. The molecule has 0 bridgehead atoms. The Labute approximate surface area is 122 Å². The van der Waals surface area contributed by atoms with Crippen molar-refractivity contribution in [1.82, 2.24) is 15.3 Å². The molecule has 2 rings (SSSR count). The van der Waals surface area contributed by atoms with Crippen LogP contribution in [0.3, 0.4) is 0 Å². The van der Waals surface area contributed by atoms with Crippen LogP contribution in [0, 0.1) is 26.2 Å². The molecule has 2 heterocycles. The van der Waals surface area contributed by atoms with E-state index in [2.05, 4.69) is 28.1 Å². The van der Waals surface area contributed by atoms with Crippen LogP contribution in [0.25, 0.3) is 10.2 Å². The first-order valence-corrected chi connectivity index (χ1v) is 7.56. The molecule has 0 aliphatic carbocycles. The van der Waals surface area contributed by atoms with Gasteiger partial charge in [0.25, 0.3) is 5.56 Å². The minimum absolute atomic E-state index is 0.0211. The first kappa shape index (κ1) is 14.8. The Morgan fingerprint density at radius 1 is 1.50 bits per heavy atom. The van der Waals surface area contributed by atoms with Crippen molar-refractivity contribution in [1.29, 1.82) is 0 Å². The lowest BCUT2D eigenvalue weighted by Gasteiger charge is -2.11. The fourth-order valence-electron chi connectivity index (χ4n) is 2.14. The maximum atomic E-state index is 12.1. The molecule has 106 valence electrons. The zero-order valence-electron chi connectivity index (χ0n) is 12.0. The summed E-state index contributed by atoms with van der Waals surface area (Å²) in [6, 6.07) is 0.0211. The number of terminal acetylenes is 1. The average molecular weight is 289 g/mol.